The van der Waals surface area contributed by atoms with Gasteiger partial charge < -0.3 is 19.7 Å². The lowest BCUT2D eigenvalue weighted by molar-refractivity contribution is 0.0426. The van der Waals surface area contributed by atoms with Gasteiger partial charge in [-0.2, -0.15) is 0 Å². The van der Waals surface area contributed by atoms with Crippen molar-refractivity contribution in [1.82, 2.24) is 4.90 Å². The summed E-state index contributed by atoms with van der Waals surface area (Å²) in [7, 11) is 0. The Kier molecular flexibility index (Phi) is 5.53. The summed E-state index contributed by atoms with van der Waals surface area (Å²) in [5.74, 6) is 1.33. The van der Waals surface area contributed by atoms with Crippen molar-refractivity contribution in [3.8, 4) is 5.75 Å². The Morgan fingerprint density at radius 2 is 2.07 bits per heavy atom. The smallest absolute Gasteiger partial charge is 0.257 e. The summed E-state index contributed by atoms with van der Waals surface area (Å²) in [5.41, 5.74) is 2.60. The average Bonchev–Trinajstić information content (AvgIpc) is 3.22. The molecule has 2 aromatic rings. The fourth-order valence-electron chi connectivity index (χ4n) is 3.79. The van der Waals surface area contributed by atoms with Crippen LogP contribution in [0.1, 0.15) is 48.8 Å². The molecule has 0 bridgehead atoms. The Hall–Kier alpha value is -2.53. The van der Waals surface area contributed by atoms with E-state index in [0.29, 0.717) is 24.6 Å². The molecule has 1 saturated heterocycles. The van der Waals surface area contributed by atoms with E-state index in [4.69, 9.17) is 9.47 Å². The maximum atomic E-state index is 13.3. The molecule has 0 saturated carbocycles. The van der Waals surface area contributed by atoms with Crippen molar-refractivity contribution in [2.45, 2.75) is 39.0 Å². The summed E-state index contributed by atoms with van der Waals surface area (Å²) < 4.78 is 11.7. The van der Waals surface area contributed by atoms with E-state index >= 15 is 0 Å². The number of hydrogen-bond donors (Lipinski definition) is 1. The Balaban J connectivity index is 1.64. The number of anilines is 1. The molecule has 2 aliphatic rings. The number of benzene rings is 2. The van der Waals surface area contributed by atoms with Gasteiger partial charge in [-0.25, -0.2) is 0 Å². The van der Waals surface area contributed by atoms with Crippen molar-refractivity contribution < 1.29 is 14.3 Å². The number of nitrogens with zero attached hydrogens (tertiary/aromatic N) is 1. The molecule has 2 aliphatic heterocycles. The number of carbonyl (C=O) groups is 1. The summed E-state index contributed by atoms with van der Waals surface area (Å²) in [6.45, 7) is 6.29. The van der Waals surface area contributed by atoms with E-state index in [1.807, 2.05) is 53.4 Å². The first-order valence-electron chi connectivity index (χ1n) is 10.1. The lowest BCUT2D eigenvalue weighted by atomic mass is 10.0. The third-order valence-corrected chi connectivity index (χ3v) is 5.20. The maximum Gasteiger partial charge on any atom is 0.257 e. The fraction of sp³-hybridized carbons (Fsp3) is 0.435. The maximum absolute atomic E-state index is 13.3. The number of para-hydroxylation sites is 1. The molecule has 28 heavy (non-hydrogen) atoms. The molecule has 0 aliphatic carbocycles. The molecule has 1 fully saturated rings. The molecule has 0 radical (unpaired) electrons. The Morgan fingerprint density at radius 1 is 1.21 bits per heavy atom. The van der Waals surface area contributed by atoms with Crippen molar-refractivity contribution in [3.63, 3.8) is 0 Å². The zero-order valence-electron chi connectivity index (χ0n) is 16.6. The predicted octanol–water partition coefficient (Wildman–Crippen LogP) is 4.47. The predicted molar refractivity (Wildman–Crippen MR) is 110 cm³/mol. The van der Waals surface area contributed by atoms with Crippen molar-refractivity contribution in [2.24, 2.45) is 5.92 Å². The lowest BCUT2D eigenvalue weighted by Gasteiger charge is -2.39. The molecule has 5 nitrogen and oxygen atoms in total. The van der Waals surface area contributed by atoms with E-state index in [1.165, 1.54) is 0 Å². The number of rotatable bonds is 6. The molecule has 0 spiro atoms. The summed E-state index contributed by atoms with van der Waals surface area (Å²) >= 11 is 0. The van der Waals surface area contributed by atoms with Gasteiger partial charge >= 0.3 is 0 Å². The van der Waals surface area contributed by atoms with Crippen LogP contribution in [-0.2, 0) is 4.74 Å². The molecule has 2 atom stereocenters. The summed E-state index contributed by atoms with van der Waals surface area (Å²) in [4.78, 5) is 15.2. The lowest BCUT2D eigenvalue weighted by Crippen LogP contribution is -2.46. The Bertz CT molecular complexity index is 830. The number of fused-ring (bicyclic) bond motifs is 1. The minimum atomic E-state index is -0.241. The van der Waals surface area contributed by atoms with Gasteiger partial charge in [-0.05, 0) is 48.6 Å². The van der Waals surface area contributed by atoms with Crippen LogP contribution in [0.25, 0.3) is 0 Å². The van der Waals surface area contributed by atoms with Crippen LogP contribution >= 0.6 is 0 Å². The zero-order chi connectivity index (χ0) is 19.5. The number of nitrogens with one attached hydrogen (secondary N) is 1. The van der Waals surface area contributed by atoms with E-state index in [2.05, 4.69) is 19.2 Å². The van der Waals surface area contributed by atoms with Gasteiger partial charge in [-0.1, -0.05) is 38.1 Å². The van der Waals surface area contributed by atoms with Crippen LogP contribution in [0.4, 0.5) is 5.69 Å². The van der Waals surface area contributed by atoms with E-state index in [0.717, 1.165) is 36.4 Å². The first-order valence-corrected chi connectivity index (χ1v) is 10.1. The summed E-state index contributed by atoms with van der Waals surface area (Å²) in [6.07, 6.45) is 1.91. The van der Waals surface area contributed by atoms with Crippen LogP contribution in [0.2, 0.25) is 0 Å². The first kappa shape index (κ1) is 18.8. The normalized spacial score (nSPS) is 21.5. The highest BCUT2D eigenvalue weighted by Crippen LogP contribution is 2.35. The highest BCUT2D eigenvalue weighted by Gasteiger charge is 2.35. The van der Waals surface area contributed by atoms with Crippen molar-refractivity contribution in [1.29, 1.82) is 0 Å². The largest absolute Gasteiger partial charge is 0.493 e. The standard InChI is InChI=1S/C23H28N2O3/c1-16(2)15-28-18-8-5-7-17(13-18)22-24-21-11-4-3-10-20(21)23(26)25(22)14-19-9-6-12-27-19/h3-5,7-8,10-11,13,16,19,22,24H,6,9,12,14-15H2,1-2H3. The highest BCUT2D eigenvalue weighted by molar-refractivity contribution is 6.01. The number of ether oxygens (including phenoxy) is 2. The second-order valence-electron chi connectivity index (χ2n) is 7.96. The van der Waals surface area contributed by atoms with Crippen molar-refractivity contribution in [2.75, 3.05) is 25.1 Å². The molecule has 1 N–H and O–H groups in total. The monoisotopic (exact) mass is 380 g/mol. The van der Waals surface area contributed by atoms with E-state index in [1.54, 1.807) is 0 Å². The van der Waals surface area contributed by atoms with Crippen LogP contribution in [0, 0.1) is 5.92 Å². The molecule has 2 aromatic carbocycles. The second kappa shape index (κ2) is 8.23. The topological polar surface area (TPSA) is 50.8 Å². The highest BCUT2D eigenvalue weighted by atomic mass is 16.5. The minimum absolute atomic E-state index is 0.0448. The quantitative estimate of drug-likeness (QED) is 0.803. The van der Waals surface area contributed by atoms with Gasteiger partial charge in [-0.15, -0.1) is 0 Å². The average molecular weight is 380 g/mol. The van der Waals surface area contributed by atoms with Crippen molar-refractivity contribution in [3.05, 3.63) is 59.7 Å². The Morgan fingerprint density at radius 3 is 2.86 bits per heavy atom. The number of carbonyl (C=O) groups excluding carboxylic acids is 1. The van der Waals surface area contributed by atoms with Crippen LogP contribution in [0.5, 0.6) is 5.75 Å². The van der Waals surface area contributed by atoms with E-state index in [9.17, 15) is 4.79 Å². The number of amides is 1. The molecular weight excluding hydrogens is 352 g/mol. The number of hydrogen-bond acceptors (Lipinski definition) is 4. The molecule has 2 unspecified atom stereocenters. The molecule has 5 heteroatoms. The summed E-state index contributed by atoms with van der Waals surface area (Å²) in [5, 5.41) is 3.55. The second-order valence-corrected chi connectivity index (χ2v) is 7.96. The first-order chi connectivity index (χ1) is 13.6. The van der Waals surface area contributed by atoms with Crippen LogP contribution in [0.3, 0.4) is 0 Å². The fourth-order valence-corrected chi connectivity index (χ4v) is 3.79. The Labute approximate surface area is 166 Å². The SMILES string of the molecule is CC(C)COc1cccc(C2Nc3ccccc3C(=O)N2CC2CCCO2)c1. The van der Waals surface area contributed by atoms with Gasteiger partial charge in [0.15, 0.2) is 0 Å². The third kappa shape index (κ3) is 3.99. The molecule has 1 amide bonds. The van der Waals surface area contributed by atoms with Gasteiger partial charge in [0, 0.05) is 18.8 Å². The van der Waals surface area contributed by atoms with Gasteiger partial charge in [0.05, 0.1) is 18.3 Å². The third-order valence-electron chi connectivity index (χ3n) is 5.20. The van der Waals surface area contributed by atoms with Gasteiger partial charge in [0.25, 0.3) is 5.91 Å². The van der Waals surface area contributed by atoms with Gasteiger partial charge in [0.2, 0.25) is 0 Å². The molecule has 4 rings (SSSR count). The van der Waals surface area contributed by atoms with Gasteiger partial charge in [-0.3, -0.25) is 4.79 Å². The molecular formula is C23H28N2O3. The zero-order valence-corrected chi connectivity index (χ0v) is 16.6. The van der Waals surface area contributed by atoms with Crippen molar-refractivity contribution >= 4 is 11.6 Å². The molecule has 2 heterocycles. The van der Waals surface area contributed by atoms with Crippen LogP contribution in [0.15, 0.2) is 48.5 Å². The van der Waals surface area contributed by atoms with Gasteiger partial charge in [0.1, 0.15) is 11.9 Å². The van der Waals surface area contributed by atoms with E-state index < -0.39 is 0 Å². The summed E-state index contributed by atoms with van der Waals surface area (Å²) in [6, 6.07) is 15.7. The molecule has 148 valence electrons. The molecule has 0 aromatic heterocycles. The van der Waals surface area contributed by atoms with Crippen LogP contribution < -0.4 is 10.1 Å². The van der Waals surface area contributed by atoms with Crippen LogP contribution in [-0.4, -0.2) is 36.7 Å². The minimum Gasteiger partial charge on any atom is -0.493 e. The van der Waals surface area contributed by atoms with E-state index in [-0.39, 0.29) is 18.2 Å².